The van der Waals surface area contributed by atoms with Crippen molar-refractivity contribution >= 4 is 0 Å². The minimum Gasteiger partial charge on any atom is -0.497 e. The standard InChI is InChI=1S/C15H14N4O2/c1-8-12-13(9-3-5-10(20-2)6-4-9)14(17)11(7-16)21-15(12)19-18-8/h3-6,13H,17H2,1-2H3,(H,18,19)/t13-/m0/s1. The number of fused-ring (bicyclic) bond motifs is 1. The number of hydrogen-bond donors (Lipinski definition) is 2. The molecule has 0 aliphatic carbocycles. The van der Waals surface area contributed by atoms with Crippen LogP contribution in [0.5, 0.6) is 11.6 Å². The first kappa shape index (κ1) is 13.1. The number of benzene rings is 1. The molecule has 6 nitrogen and oxygen atoms in total. The molecule has 1 aromatic heterocycles. The normalized spacial score (nSPS) is 16.9. The predicted octanol–water partition coefficient (Wildman–Crippen LogP) is 1.94. The molecule has 0 saturated heterocycles. The molecule has 0 spiro atoms. The van der Waals surface area contributed by atoms with Crippen LogP contribution in [0.2, 0.25) is 0 Å². The van der Waals surface area contributed by atoms with Crippen molar-refractivity contribution in [1.82, 2.24) is 10.2 Å². The SMILES string of the molecule is COc1ccc([C@@H]2C(N)=C(C#N)Oc3n[nH]c(C)c32)cc1. The number of rotatable bonds is 2. The Kier molecular flexibility index (Phi) is 3.03. The fourth-order valence-electron chi connectivity index (χ4n) is 2.51. The molecule has 106 valence electrons. The molecule has 2 aromatic rings. The van der Waals surface area contributed by atoms with Crippen LogP contribution in [0.3, 0.4) is 0 Å². The number of aryl methyl sites for hydroxylation is 1. The van der Waals surface area contributed by atoms with E-state index in [1.54, 1.807) is 7.11 Å². The highest BCUT2D eigenvalue weighted by atomic mass is 16.5. The fraction of sp³-hybridized carbons (Fsp3) is 0.200. The van der Waals surface area contributed by atoms with Crippen molar-refractivity contribution in [3.8, 4) is 17.7 Å². The van der Waals surface area contributed by atoms with Gasteiger partial charge in [-0.1, -0.05) is 12.1 Å². The van der Waals surface area contributed by atoms with E-state index in [9.17, 15) is 0 Å². The number of hydrogen-bond acceptors (Lipinski definition) is 5. The van der Waals surface area contributed by atoms with Gasteiger partial charge in [0.2, 0.25) is 11.6 Å². The molecule has 21 heavy (non-hydrogen) atoms. The van der Waals surface area contributed by atoms with E-state index >= 15 is 0 Å². The van der Waals surface area contributed by atoms with Crippen molar-refractivity contribution in [2.24, 2.45) is 5.73 Å². The predicted molar refractivity (Wildman–Crippen MR) is 75.6 cm³/mol. The monoisotopic (exact) mass is 282 g/mol. The summed E-state index contributed by atoms with van der Waals surface area (Å²) in [5.41, 5.74) is 9.21. The number of aromatic amines is 1. The maximum atomic E-state index is 9.17. The van der Waals surface area contributed by atoms with Gasteiger partial charge in [-0.2, -0.15) is 5.26 Å². The molecule has 0 radical (unpaired) electrons. The van der Waals surface area contributed by atoms with E-state index < -0.39 is 0 Å². The lowest BCUT2D eigenvalue weighted by Gasteiger charge is -2.24. The summed E-state index contributed by atoms with van der Waals surface area (Å²) in [7, 11) is 1.61. The Balaban J connectivity index is 2.16. The fourth-order valence-corrected chi connectivity index (χ4v) is 2.51. The van der Waals surface area contributed by atoms with E-state index in [4.69, 9.17) is 20.5 Å². The lowest BCUT2D eigenvalue weighted by Crippen LogP contribution is -2.21. The molecule has 0 fully saturated rings. The number of H-pyrrole nitrogens is 1. The van der Waals surface area contributed by atoms with E-state index in [0.29, 0.717) is 11.6 Å². The third-order valence-corrected chi connectivity index (χ3v) is 3.57. The Morgan fingerprint density at radius 2 is 2.10 bits per heavy atom. The first-order valence-electron chi connectivity index (χ1n) is 6.42. The number of allylic oxidation sites excluding steroid dienone is 2. The Morgan fingerprint density at radius 1 is 1.38 bits per heavy atom. The molecule has 0 unspecified atom stereocenters. The molecule has 0 amide bonds. The van der Waals surface area contributed by atoms with Crippen molar-refractivity contribution in [3.05, 3.63) is 52.5 Å². The summed E-state index contributed by atoms with van der Waals surface area (Å²) in [6, 6.07) is 9.55. The van der Waals surface area contributed by atoms with Gasteiger partial charge in [-0.25, -0.2) is 0 Å². The third-order valence-electron chi connectivity index (χ3n) is 3.57. The van der Waals surface area contributed by atoms with E-state index in [1.165, 1.54) is 0 Å². The lowest BCUT2D eigenvalue weighted by atomic mass is 9.87. The molecule has 1 atom stereocenters. The van der Waals surface area contributed by atoms with Gasteiger partial charge in [0.1, 0.15) is 11.8 Å². The van der Waals surface area contributed by atoms with Crippen LogP contribution in [0.4, 0.5) is 0 Å². The average molecular weight is 282 g/mol. The molecule has 6 heteroatoms. The van der Waals surface area contributed by atoms with Gasteiger partial charge in [0.25, 0.3) is 0 Å². The van der Waals surface area contributed by atoms with Crippen LogP contribution in [0, 0.1) is 18.3 Å². The van der Waals surface area contributed by atoms with E-state index in [-0.39, 0.29) is 11.7 Å². The third kappa shape index (κ3) is 1.99. The number of ether oxygens (including phenoxy) is 2. The van der Waals surface area contributed by atoms with Crippen LogP contribution >= 0.6 is 0 Å². The zero-order valence-electron chi connectivity index (χ0n) is 11.7. The zero-order valence-corrected chi connectivity index (χ0v) is 11.7. The number of methoxy groups -OCH3 is 1. The van der Waals surface area contributed by atoms with E-state index in [0.717, 1.165) is 22.6 Å². The summed E-state index contributed by atoms with van der Waals surface area (Å²) in [6.07, 6.45) is 0. The number of nitrogens with two attached hydrogens (primary N) is 1. The number of nitrogens with zero attached hydrogens (tertiary/aromatic N) is 2. The van der Waals surface area contributed by atoms with Gasteiger partial charge < -0.3 is 15.2 Å². The summed E-state index contributed by atoms with van der Waals surface area (Å²) >= 11 is 0. The Labute approximate surface area is 121 Å². The number of nitrogens with one attached hydrogen (secondary N) is 1. The van der Waals surface area contributed by atoms with Crippen LogP contribution in [-0.4, -0.2) is 17.3 Å². The maximum absolute atomic E-state index is 9.17. The van der Waals surface area contributed by atoms with Crippen molar-refractivity contribution < 1.29 is 9.47 Å². The molecular weight excluding hydrogens is 268 g/mol. The van der Waals surface area contributed by atoms with Gasteiger partial charge in [0.05, 0.1) is 24.3 Å². The highest BCUT2D eigenvalue weighted by Crippen LogP contribution is 2.41. The van der Waals surface area contributed by atoms with Crippen LogP contribution in [0.25, 0.3) is 0 Å². The van der Waals surface area contributed by atoms with Crippen molar-refractivity contribution in [3.63, 3.8) is 0 Å². The second-order valence-corrected chi connectivity index (χ2v) is 4.77. The van der Waals surface area contributed by atoms with Gasteiger partial charge >= 0.3 is 0 Å². The number of aromatic nitrogens is 2. The van der Waals surface area contributed by atoms with Crippen molar-refractivity contribution in [2.75, 3.05) is 7.11 Å². The second kappa shape index (κ2) is 4.87. The first-order chi connectivity index (χ1) is 10.2. The second-order valence-electron chi connectivity index (χ2n) is 4.77. The van der Waals surface area contributed by atoms with Crippen LogP contribution in [-0.2, 0) is 0 Å². The summed E-state index contributed by atoms with van der Waals surface area (Å²) in [5.74, 6) is 1.000. The molecule has 0 bridgehead atoms. The average Bonchev–Trinajstić information content (AvgIpc) is 2.88. The molecule has 3 N–H and O–H groups in total. The summed E-state index contributed by atoms with van der Waals surface area (Å²) in [5, 5.41) is 16.1. The zero-order chi connectivity index (χ0) is 15.0. The minimum absolute atomic E-state index is 0.0924. The topological polar surface area (TPSA) is 96.9 Å². The smallest absolute Gasteiger partial charge is 0.243 e. The highest BCUT2D eigenvalue weighted by molar-refractivity contribution is 5.53. The minimum atomic E-state index is -0.256. The summed E-state index contributed by atoms with van der Waals surface area (Å²) < 4.78 is 10.6. The Bertz CT molecular complexity index is 753. The van der Waals surface area contributed by atoms with Crippen LogP contribution < -0.4 is 15.2 Å². The van der Waals surface area contributed by atoms with Crippen molar-refractivity contribution in [1.29, 1.82) is 5.26 Å². The van der Waals surface area contributed by atoms with Gasteiger partial charge in [0.15, 0.2) is 0 Å². The first-order valence-corrected chi connectivity index (χ1v) is 6.42. The van der Waals surface area contributed by atoms with Gasteiger partial charge in [-0.15, -0.1) is 5.10 Å². The van der Waals surface area contributed by atoms with Crippen LogP contribution in [0.1, 0.15) is 22.7 Å². The highest BCUT2D eigenvalue weighted by Gasteiger charge is 2.33. The molecule has 3 rings (SSSR count). The Hall–Kier alpha value is -2.94. The van der Waals surface area contributed by atoms with Crippen LogP contribution in [0.15, 0.2) is 35.7 Å². The van der Waals surface area contributed by atoms with E-state index in [2.05, 4.69) is 10.2 Å². The van der Waals surface area contributed by atoms with Crippen molar-refractivity contribution in [2.45, 2.75) is 12.8 Å². The summed E-state index contributed by atoms with van der Waals surface area (Å²) in [4.78, 5) is 0. The molecule has 2 heterocycles. The largest absolute Gasteiger partial charge is 0.497 e. The van der Waals surface area contributed by atoms with E-state index in [1.807, 2.05) is 37.3 Å². The summed E-state index contributed by atoms with van der Waals surface area (Å²) in [6.45, 7) is 1.90. The van der Waals surface area contributed by atoms with Gasteiger partial charge in [0, 0.05) is 5.69 Å². The van der Waals surface area contributed by atoms with Gasteiger partial charge in [-0.05, 0) is 24.6 Å². The molecule has 0 saturated carbocycles. The molecule has 1 aliphatic rings. The number of nitriles is 1. The van der Waals surface area contributed by atoms with Gasteiger partial charge in [-0.3, -0.25) is 5.10 Å². The Morgan fingerprint density at radius 3 is 2.71 bits per heavy atom. The maximum Gasteiger partial charge on any atom is 0.243 e. The lowest BCUT2D eigenvalue weighted by molar-refractivity contribution is 0.399. The quantitative estimate of drug-likeness (QED) is 0.877. The molecule has 1 aromatic carbocycles. The molecular formula is C15H14N4O2. The molecule has 1 aliphatic heterocycles.